The van der Waals surface area contributed by atoms with Crippen molar-refractivity contribution in [2.24, 2.45) is 0 Å². The van der Waals surface area contributed by atoms with E-state index in [-0.39, 0.29) is 13.0 Å². The maximum Gasteiger partial charge on any atom is 0.419 e. The quantitative estimate of drug-likeness (QED) is 0.246. The molecule has 0 radical (unpaired) electrons. The van der Waals surface area contributed by atoms with Gasteiger partial charge in [-0.3, -0.25) is 9.69 Å². The number of nitriles is 1. The molecule has 228 valence electrons. The van der Waals surface area contributed by atoms with E-state index in [1.165, 1.54) is 4.57 Å². The van der Waals surface area contributed by atoms with Crippen LogP contribution in [-0.2, 0) is 31.8 Å². The predicted octanol–water partition coefficient (Wildman–Crippen LogP) is 5.51. The largest absolute Gasteiger partial charge is 0.466 e. The number of fused-ring (bicyclic) bond motifs is 1. The number of hydrogen-bond acceptors (Lipinski definition) is 8. The summed E-state index contributed by atoms with van der Waals surface area (Å²) in [5, 5.41) is 13.9. The number of benzene rings is 1. The molecule has 10 heteroatoms. The molecule has 10 nitrogen and oxygen atoms in total. The molecule has 1 aliphatic heterocycles. The minimum Gasteiger partial charge on any atom is -0.466 e. The van der Waals surface area contributed by atoms with Crippen LogP contribution in [0.4, 0.5) is 9.59 Å². The number of rotatable bonds is 8. The number of para-hydroxylation sites is 1. The summed E-state index contributed by atoms with van der Waals surface area (Å²) in [6.45, 7) is 15.7. The molecule has 1 unspecified atom stereocenters. The zero-order valence-corrected chi connectivity index (χ0v) is 26.1. The first-order valence-electron chi connectivity index (χ1n) is 14.5. The molecule has 2 heterocycles. The standard InChI is InChI=1S/C32H44N4O6/c1-9-40-28(37)19-26-24(23-13-10-11-15-25(23)36(26)30(39)42-32(6,7)8)16-18-35-17-12-14-22(27(35)20-33)21(2)34-29(38)41-31(3,4)5/h10-11,13-15,21,27H,9,12,16-19H2,1-8H3,(H,34,38)/t21-,27?/m1/s1. The van der Waals surface area contributed by atoms with Gasteiger partial charge in [0, 0.05) is 24.2 Å². The lowest BCUT2D eigenvalue weighted by molar-refractivity contribution is -0.142. The van der Waals surface area contributed by atoms with Crippen molar-refractivity contribution in [2.75, 3.05) is 19.7 Å². The Balaban J connectivity index is 1.93. The van der Waals surface area contributed by atoms with Gasteiger partial charge in [0.15, 0.2) is 0 Å². The molecule has 0 bridgehead atoms. The molecule has 1 aliphatic rings. The van der Waals surface area contributed by atoms with Crippen LogP contribution in [0.3, 0.4) is 0 Å². The van der Waals surface area contributed by atoms with Gasteiger partial charge in [-0.05, 0) is 85.4 Å². The summed E-state index contributed by atoms with van der Waals surface area (Å²) < 4.78 is 17.9. The smallest absolute Gasteiger partial charge is 0.419 e. The number of esters is 1. The molecule has 1 aromatic heterocycles. The molecule has 2 aromatic rings. The van der Waals surface area contributed by atoms with Crippen molar-refractivity contribution < 1.29 is 28.6 Å². The number of aromatic nitrogens is 1. The molecule has 0 saturated carbocycles. The van der Waals surface area contributed by atoms with E-state index in [2.05, 4.69) is 16.3 Å². The first-order chi connectivity index (χ1) is 19.6. The number of carbonyl (C=O) groups is 3. The van der Waals surface area contributed by atoms with E-state index in [1.54, 1.807) is 48.5 Å². The third-order valence-corrected chi connectivity index (χ3v) is 6.76. The van der Waals surface area contributed by atoms with E-state index in [9.17, 15) is 19.6 Å². The molecular weight excluding hydrogens is 536 g/mol. The third-order valence-electron chi connectivity index (χ3n) is 6.76. The molecule has 0 fully saturated rings. The average Bonchev–Trinajstić information content (AvgIpc) is 3.17. The van der Waals surface area contributed by atoms with Crippen molar-refractivity contribution in [3.8, 4) is 6.07 Å². The second kappa shape index (κ2) is 13.4. The molecule has 1 amide bonds. The van der Waals surface area contributed by atoms with Crippen LogP contribution in [0.1, 0.15) is 73.1 Å². The Labute approximate surface area is 248 Å². The zero-order valence-electron chi connectivity index (χ0n) is 26.1. The zero-order chi connectivity index (χ0) is 31.2. The number of carbonyl (C=O) groups excluding carboxylic acids is 3. The van der Waals surface area contributed by atoms with Crippen LogP contribution in [0, 0.1) is 11.3 Å². The summed E-state index contributed by atoms with van der Waals surface area (Å²) in [4.78, 5) is 40.6. The van der Waals surface area contributed by atoms with Crippen LogP contribution in [0.15, 0.2) is 35.9 Å². The van der Waals surface area contributed by atoms with Crippen LogP contribution in [0.25, 0.3) is 10.9 Å². The number of ether oxygens (including phenoxy) is 3. The highest BCUT2D eigenvalue weighted by atomic mass is 16.6. The van der Waals surface area contributed by atoms with Crippen molar-refractivity contribution in [1.29, 1.82) is 5.26 Å². The van der Waals surface area contributed by atoms with Gasteiger partial charge < -0.3 is 19.5 Å². The fourth-order valence-corrected chi connectivity index (χ4v) is 5.17. The van der Waals surface area contributed by atoms with Gasteiger partial charge in [0.25, 0.3) is 0 Å². The Hall–Kier alpha value is -3.84. The van der Waals surface area contributed by atoms with Gasteiger partial charge in [0.05, 0.1) is 30.7 Å². The molecule has 0 aliphatic carbocycles. The lowest BCUT2D eigenvalue weighted by Gasteiger charge is -2.35. The fourth-order valence-electron chi connectivity index (χ4n) is 5.17. The molecule has 0 spiro atoms. The molecular formula is C32H44N4O6. The lowest BCUT2D eigenvalue weighted by Crippen LogP contribution is -2.47. The van der Waals surface area contributed by atoms with Gasteiger partial charge in [0.1, 0.15) is 17.2 Å². The number of amides is 1. The first-order valence-corrected chi connectivity index (χ1v) is 14.5. The van der Waals surface area contributed by atoms with E-state index < -0.39 is 41.4 Å². The van der Waals surface area contributed by atoms with Crippen molar-refractivity contribution in [3.05, 3.63) is 47.2 Å². The van der Waals surface area contributed by atoms with Crippen LogP contribution in [-0.4, -0.2) is 70.6 Å². The van der Waals surface area contributed by atoms with Crippen LogP contribution >= 0.6 is 0 Å². The van der Waals surface area contributed by atoms with Gasteiger partial charge in [-0.15, -0.1) is 0 Å². The predicted molar refractivity (Wildman–Crippen MR) is 160 cm³/mol. The van der Waals surface area contributed by atoms with Gasteiger partial charge in [-0.1, -0.05) is 24.3 Å². The Morgan fingerprint density at radius 3 is 2.38 bits per heavy atom. The summed E-state index contributed by atoms with van der Waals surface area (Å²) in [5.41, 5.74) is 1.43. The van der Waals surface area contributed by atoms with Crippen molar-refractivity contribution in [3.63, 3.8) is 0 Å². The second-order valence-electron chi connectivity index (χ2n) is 12.4. The lowest BCUT2D eigenvalue weighted by atomic mass is 9.94. The van der Waals surface area contributed by atoms with E-state index >= 15 is 0 Å². The second-order valence-corrected chi connectivity index (χ2v) is 12.4. The number of nitrogens with zero attached hydrogens (tertiary/aromatic N) is 3. The summed E-state index contributed by atoms with van der Waals surface area (Å²) in [5.74, 6) is -0.438. The van der Waals surface area contributed by atoms with E-state index in [0.717, 1.165) is 16.5 Å². The van der Waals surface area contributed by atoms with Gasteiger partial charge in [0.2, 0.25) is 0 Å². The normalized spacial score (nSPS) is 16.7. The SMILES string of the molecule is CCOC(=O)Cc1c(CCN2CCC=C([C@@H](C)NC(=O)OC(C)(C)C)C2C#N)c2ccccc2n1C(=O)OC(C)(C)C. The number of nitrogens with one attached hydrogen (secondary N) is 1. The third kappa shape index (κ3) is 8.35. The van der Waals surface area contributed by atoms with E-state index in [1.807, 2.05) is 37.3 Å². The van der Waals surface area contributed by atoms with Crippen LogP contribution < -0.4 is 5.32 Å². The minimum atomic E-state index is -0.732. The summed E-state index contributed by atoms with van der Waals surface area (Å²) in [6, 6.07) is 8.94. The maximum absolute atomic E-state index is 13.4. The van der Waals surface area contributed by atoms with Crippen LogP contribution in [0.5, 0.6) is 0 Å². The number of hydrogen-bond donors (Lipinski definition) is 1. The molecule has 2 atom stereocenters. The Morgan fingerprint density at radius 2 is 1.76 bits per heavy atom. The number of alkyl carbamates (subject to hydrolysis) is 1. The molecule has 0 saturated heterocycles. The summed E-state index contributed by atoms with van der Waals surface area (Å²) in [6.07, 6.45) is 1.99. The molecule has 42 heavy (non-hydrogen) atoms. The highest BCUT2D eigenvalue weighted by Gasteiger charge is 2.32. The Kier molecular flexibility index (Phi) is 10.4. The molecule has 1 N–H and O–H groups in total. The van der Waals surface area contributed by atoms with Gasteiger partial charge in [-0.25, -0.2) is 14.2 Å². The average molecular weight is 581 g/mol. The topological polar surface area (TPSA) is 123 Å². The Bertz CT molecular complexity index is 1370. The van der Waals surface area contributed by atoms with Crippen LogP contribution in [0.2, 0.25) is 0 Å². The van der Waals surface area contributed by atoms with Gasteiger partial charge in [-0.2, -0.15) is 5.26 Å². The maximum atomic E-state index is 13.4. The summed E-state index contributed by atoms with van der Waals surface area (Å²) in [7, 11) is 0. The monoisotopic (exact) mass is 580 g/mol. The van der Waals surface area contributed by atoms with Gasteiger partial charge >= 0.3 is 18.2 Å². The Morgan fingerprint density at radius 1 is 1.10 bits per heavy atom. The minimum absolute atomic E-state index is 0.0965. The van der Waals surface area contributed by atoms with E-state index in [4.69, 9.17) is 14.2 Å². The molecule has 1 aromatic carbocycles. The molecule has 3 rings (SSSR count). The van der Waals surface area contributed by atoms with Crippen molar-refractivity contribution in [1.82, 2.24) is 14.8 Å². The van der Waals surface area contributed by atoms with Crippen molar-refractivity contribution >= 4 is 29.1 Å². The fraction of sp³-hybridized carbons (Fsp3) is 0.562. The first kappa shape index (κ1) is 32.7. The summed E-state index contributed by atoms with van der Waals surface area (Å²) >= 11 is 0. The highest BCUT2D eigenvalue weighted by molar-refractivity contribution is 5.95. The highest BCUT2D eigenvalue weighted by Crippen LogP contribution is 2.30. The van der Waals surface area contributed by atoms with E-state index in [0.29, 0.717) is 37.1 Å². The van der Waals surface area contributed by atoms with Crippen molar-refractivity contribution in [2.45, 2.75) is 97.9 Å².